The van der Waals surface area contributed by atoms with Crippen LogP contribution in [0.4, 0.5) is 5.69 Å². The van der Waals surface area contributed by atoms with Crippen LogP contribution in [0.1, 0.15) is 18.3 Å². The van der Waals surface area contributed by atoms with E-state index in [-0.39, 0.29) is 6.10 Å². The van der Waals surface area contributed by atoms with Gasteiger partial charge in [0.2, 0.25) is 0 Å². The van der Waals surface area contributed by atoms with E-state index in [1.165, 1.54) is 5.69 Å². The molecule has 27 heavy (non-hydrogen) atoms. The number of anilines is 1. The highest BCUT2D eigenvalue weighted by molar-refractivity contribution is 5.74. The van der Waals surface area contributed by atoms with Crippen LogP contribution < -0.4 is 9.64 Å². The molecule has 2 aromatic carbocycles. The van der Waals surface area contributed by atoms with Crippen LogP contribution in [-0.2, 0) is 6.54 Å². The predicted molar refractivity (Wildman–Crippen MR) is 109 cm³/mol. The molecule has 0 spiro atoms. The summed E-state index contributed by atoms with van der Waals surface area (Å²) in [4.78, 5) is 14.2. The number of rotatable bonds is 5. The quantitative estimate of drug-likeness (QED) is 0.693. The molecule has 0 saturated heterocycles. The van der Waals surface area contributed by atoms with E-state index in [1.54, 1.807) is 0 Å². The fourth-order valence-electron chi connectivity index (χ4n) is 3.72. The van der Waals surface area contributed by atoms with Crippen molar-refractivity contribution in [2.24, 2.45) is 0 Å². The number of aryl methyl sites for hydroxylation is 1. The Kier molecular flexibility index (Phi) is 4.94. The molecule has 1 atom stereocenters. The number of aromatic nitrogens is 2. The summed E-state index contributed by atoms with van der Waals surface area (Å²) in [6, 6.07) is 16.3. The predicted octanol–water partition coefficient (Wildman–Crippen LogP) is 3.66. The maximum absolute atomic E-state index is 6.25. The van der Waals surface area contributed by atoms with Gasteiger partial charge in [0.1, 0.15) is 11.9 Å². The normalized spacial score (nSPS) is 16.4. The first kappa shape index (κ1) is 17.7. The third kappa shape index (κ3) is 3.74. The summed E-state index contributed by atoms with van der Waals surface area (Å²) in [7, 11) is 2.12. The number of hydrogen-bond acceptors (Lipinski definition) is 5. The second-order valence-corrected chi connectivity index (χ2v) is 7.19. The monoisotopic (exact) mass is 362 g/mol. The number of para-hydroxylation sites is 4. The first-order chi connectivity index (χ1) is 13.1. The average Bonchev–Trinajstić information content (AvgIpc) is 2.68. The fourth-order valence-corrected chi connectivity index (χ4v) is 3.72. The van der Waals surface area contributed by atoms with Crippen LogP contribution in [0, 0.1) is 6.92 Å². The zero-order chi connectivity index (χ0) is 18.8. The lowest BCUT2D eigenvalue weighted by atomic mass is 10.1. The van der Waals surface area contributed by atoms with Gasteiger partial charge in [0.15, 0.2) is 0 Å². The van der Waals surface area contributed by atoms with E-state index in [0.29, 0.717) is 0 Å². The van der Waals surface area contributed by atoms with Gasteiger partial charge in [0, 0.05) is 19.6 Å². The first-order valence-electron chi connectivity index (χ1n) is 9.55. The van der Waals surface area contributed by atoms with E-state index in [4.69, 9.17) is 14.7 Å². The van der Waals surface area contributed by atoms with Gasteiger partial charge < -0.3 is 9.64 Å². The van der Waals surface area contributed by atoms with Crippen LogP contribution in [0.15, 0.2) is 48.5 Å². The van der Waals surface area contributed by atoms with Gasteiger partial charge in [-0.25, -0.2) is 9.97 Å². The third-order valence-electron chi connectivity index (χ3n) is 5.08. The van der Waals surface area contributed by atoms with E-state index < -0.39 is 0 Å². The summed E-state index contributed by atoms with van der Waals surface area (Å²) in [5.41, 5.74) is 5.11. The highest BCUT2D eigenvalue weighted by Gasteiger charge is 2.25. The number of likely N-dealkylation sites (N-methyl/N-ethyl adjacent to an activating group) is 2. The SMILES string of the molecule is CCN1C[C@@H](CN(C)Cc2nc3ccccc3nc2C)Oc2ccccc21. The molecule has 3 aromatic rings. The molecular formula is C22H26N4O. The van der Waals surface area contributed by atoms with E-state index in [1.807, 2.05) is 37.3 Å². The van der Waals surface area contributed by atoms with E-state index in [0.717, 1.165) is 54.3 Å². The van der Waals surface area contributed by atoms with Gasteiger partial charge in [-0.2, -0.15) is 0 Å². The van der Waals surface area contributed by atoms with Crippen LogP contribution in [-0.4, -0.2) is 47.7 Å². The molecule has 1 aliphatic heterocycles. The molecule has 0 saturated carbocycles. The molecule has 2 heterocycles. The largest absolute Gasteiger partial charge is 0.485 e. The molecule has 0 radical (unpaired) electrons. The minimum atomic E-state index is 0.138. The smallest absolute Gasteiger partial charge is 0.143 e. The Hall–Kier alpha value is -2.66. The molecule has 1 aromatic heterocycles. The molecule has 5 heteroatoms. The van der Waals surface area contributed by atoms with Gasteiger partial charge in [-0.3, -0.25) is 4.90 Å². The maximum Gasteiger partial charge on any atom is 0.143 e. The summed E-state index contributed by atoms with van der Waals surface area (Å²) in [6.45, 7) is 7.72. The Morgan fingerprint density at radius 2 is 1.78 bits per heavy atom. The minimum Gasteiger partial charge on any atom is -0.485 e. The maximum atomic E-state index is 6.25. The van der Waals surface area contributed by atoms with Crippen molar-refractivity contribution in [3.05, 3.63) is 59.9 Å². The molecule has 1 aliphatic rings. The van der Waals surface area contributed by atoms with Crippen molar-refractivity contribution in [3.8, 4) is 5.75 Å². The van der Waals surface area contributed by atoms with Crippen molar-refractivity contribution in [1.29, 1.82) is 0 Å². The standard InChI is InChI=1S/C22H26N4O/c1-4-26-14-17(27-22-12-8-7-11-21(22)26)13-25(3)15-20-16(2)23-18-9-5-6-10-19(18)24-20/h5-12,17H,4,13-15H2,1-3H3/t17-/m1/s1. The van der Waals surface area contributed by atoms with Crippen molar-refractivity contribution < 1.29 is 4.74 Å². The number of fused-ring (bicyclic) bond motifs is 2. The highest BCUT2D eigenvalue weighted by Crippen LogP contribution is 2.32. The van der Waals surface area contributed by atoms with Gasteiger partial charge in [0.25, 0.3) is 0 Å². The summed E-state index contributed by atoms with van der Waals surface area (Å²) in [5.74, 6) is 0.977. The lowest BCUT2D eigenvalue weighted by Gasteiger charge is -2.37. The molecule has 0 N–H and O–H groups in total. The van der Waals surface area contributed by atoms with Crippen molar-refractivity contribution in [1.82, 2.24) is 14.9 Å². The summed E-state index contributed by atoms with van der Waals surface area (Å²) >= 11 is 0. The van der Waals surface area contributed by atoms with Crippen molar-refractivity contribution in [2.75, 3.05) is 31.6 Å². The molecule has 140 valence electrons. The minimum absolute atomic E-state index is 0.138. The molecule has 0 unspecified atom stereocenters. The zero-order valence-corrected chi connectivity index (χ0v) is 16.2. The Morgan fingerprint density at radius 1 is 1.07 bits per heavy atom. The van der Waals surface area contributed by atoms with Crippen molar-refractivity contribution in [3.63, 3.8) is 0 Å². The average molecular weight is 362 g/mol. The van der Waals surface area contributed by atoms with Gasteiger partial charge in [-0.05, 0) is 45.2 Å². The van der Waals surface area contributed by atoms with Crippen LogP contribution in [0.3, 0.4) is 0 Å². The number of benzene rings is 2. The number of ether oxygens (including phenoxy) is 1. The Morgan fingerprint density at radius 3 is 2.56 bits per heavy atom. The summed E-state index contributed by atoms with van der Waals surface area (Å²) < 4.78 is 6.25. The topological polar surface area (TPSA) is 41.5 Å². The number of hydrogen-bond donors (Lipinski definition) is 0. The highest BCUT2D eigenvalue weighted by atomic mass is 16.5. The molecule has 0 bridgehead atoms. The van der Waals surface area contributed by atoms with Crippen molar-refractivity contribution >= 4 is 16.7 Å². The zero-order valence-electron chi connectivity index (χ0n) is 16.2. The summed E-state index contributed by atoms with van der Waals surface area (Å²) in [5, 5.41) is 0. The van der Waals surface area contributed by atoms with E-state index in [9.17, 15) is 0 Å². The third-order valence-corrected chi connectivity index (χ3v) is 5.08. The first-order valence-corrected chi connectivity index (χ1v) is 9.55. The van der Waals surface area contributed by atoms with Crippen LogP contribution in [0.5, 0.6) is 5.75 Å². The van der Waals surface area contributed by atoms with Crippen LogP contribution in [0.2, 0.25) is 0 Å². The lowest BCUT2D eigenvalue weighted by Crippen LogP contribution is -2.45. The second kappa shape index (κ2) is 7.53. The van der Waals surface area contributed by atoms with Gasteiger partial charge in [-0.15, -0.1) is 0 Å². The molecule has 0 aliphatic carbocycles. The van der Waals surface area contributed by atoms with E-state index >= 15 is 0 Å². The Bertz CT molecular complexity index is 942. The van der Waals surface area contributed by atoms with Crippen molar-refractivity contribution in [2.45, 2.75) is 26.5 Å². The lowest BCUT2D eigenvalue weighted by molar-refractivity contribution is 0.139. The summed E-state index contributed by atoms with van der Waals surface area (Å²) in [6.07, 6.45) is 0.138. The van der Waals surface area contributed by atoms with Crippen LogP contribution in [0.25, 0.3) is 11.0 Å². The van der Waals surface area contributed by atoms with Crippen LogP contribution >= 0.6 is 0 Å². The fraction of sp³-hybridized carbons (Fsp3) is 0.364. The van der Waals surface area contributed by atoms with Gasteiger partial charge in [-0.1, -0.05) is 24.3 Å². The molecule has 0 fully saturated rings. The second-order valence-electron chi connectivity index (χ2n) is 7.19. The van der Waals surface area contributed by atoms with E-state index in [2.05, 4.69) is 42.0 Å². The molecule has 4 rings (SSSR count). The molecule has 0 amide bonds. The van der Waals surface area contributed by atoms with Gasteiger partial charge in [0.05, 0.1) is 34.7 Å². The Labute approximate surface area is 160 Å². The molecule has 5 nitrogen and oxygen atoms in total. The Balaban J connectivity index is 1.47. The number of nitrogens with zero attached hydrogens (tertiary/aromatic N) is 4. The molecular weight excluding hydrogens is 336 g/mol. The van der Waals surface area contributed by atoms with Gasteiger partial charge >= 0.3 is 0 Å².